The lowest BCUT2D eigenvalue weighted by Gasteiger charge is -2.11. The molecule has 0 fully saturated rings. The van der Waals surface area contributed by atoms with Crippen LogP contribution in [-0.2, 0) is 13.0 Å². The van der Waals surface area contributed by atoms with Gasteiger partial charge < -0.3 is 9.88 Å². The molecule has 102 valence electrons. The molecule has 0 saturated carbocycles. The molecule has 2 rings (SSSR count). The van der Waals surface area contributed by atoms with Crippen molar-refractivity contribution in [2.45, 2.75) is 40.2 Å². The molecule has 0 aromatic carbocycles. The van der Waals surface area contributed by atoms with Gasteiger partial charge in [-0.15, -0.1) is 5.10 Å². The summed E-state index contributed by atoms with van der Waals surface area (Å²) in [5.41, 5.74) is 3.34. The molecule has 2 heterocycles. The van der Waals surface area contributed by atoms with Crippen molar-refractivity contribution in [3.05, 3.63) is 35.0 Å². The lowest BCUT2D eigenvalue weighted by molar-refractivity contribution is 0.642. The van der Waals surface area contributed by atoms with Crippen molar-refractivity contribution in [1.29, 1.82) is 0 Å². The average molecular weight is 259 g/mol. The molecule has 2 aromatic heterocycles. The molecule has 5 nitrogen and oxygen atoms in total. The van der Waals surface area contributed by atoms with Gasteiger partial charge in [0.05, 0.1) is 12.1 Å². The molecular formula is C14H21N5. The van der Waals surface area contributed by atoms with Crippen LogP contribution in [0.5, 0.6) is 0 Å². The van der Waals surface area contributed by atoms with Crippen LogP contribution < -0.4 is 5.32 Å². The fraction of sp³-hybridized carbons (Fsp3) is 0.500. The Balaban J connectivity index is 2.28. The lowest BCUT2D eigenvalue weighted by atomic mass is 10.1. The van der Waals surface area contributed by atoms with E-state index in [-0.39, 0.29) is 0 Å². The highest BCUT2D eigenvalue weighted by Gasteiger charge is 2.11. The topological polar surface area (TPSA) is 55.6 Å². The van der Waals surface area contributed by atoms with E-state index in [4.69, 9.17) is 0 Å². The Hall–Kier alpha value is -1.91. The van der Waals surface area contributed by atoms with Crippen molar-refractivity contribution >= 4 is 5.82 Å². The summed E-state index contributed by atoms with van der Waals surface area (Å²) < 4.78 is 2.18. The van der Waals surface area contributed by atoms with Crippen molar-refractivity contribution in [2.75, 3.05) is 12.4 Å². The zero-order valence-corrected chi connectivity index (χ0v) is 12.1. The van der Waals surface area contributed by atoms with Crippen molar-refractivity contribution in [1.82, 2.24) is 19.7 Å². The van der Waals surface area contributed by atoms with E-state index in [9.17, 15) is 0 Å². The maximum absolute atomic E-state index is 4.42. The number of rotatable bonds is 5. The van der Waals surface area contributed by atoms with Crippen LogP contribution in [0.3, 0.4) is 0 Å². The summed E-state index contributed by atoms with van der Waals surface area (Å²) in [5.74, 6) is 1.90. The number of nitrogens with zero attached hydrogens (tertiary/aromatic N) is 4. The highest BCUT2D eigenvalue weighted by Crippen LogP contribution is 2.18. The maximum Gasteiger partial charge on any atom is 0.151 e. The smallest absolute Gasteiger partial charge is 0.151 e. The first-order chi connectivity index (χ1) is 9.17. The number of nitrogens with one attached hydrogen (secondary N) is 1. The first kappa shape index (κ1) is 13.5. The van der Waals surface area contributed by atoms with Crippen molar-refractivity contribution < 1.29 is 0 Å². The van der Waals surface area contributed by atoms with Gasteiger partial charge in [0, 0.05) is 26.0 Å². The van der Waals surface area contributed by atoms with Gasteiger partial charge in [0.25, 0.3) is 0 Å². The minimum atomic E-state index is 0.733. The molecule has 0 bridgehead atoms. The average Bonchev–Trinajstić information content (AvgIpc) is 2.83. The minimum absolute atomic E-state index is 0.733. The van der Waals surface area contributed by atoms with E-state index in [1.165, 1.54) is 5.56 Å². The predicted octanol–water partition coefficient (Wildman–Crippen LogP) is 2.33. The predicted molar refractivity (Wildman–Crippen MR) is 76.4 cm³/mol. The summed E-state index contributed by atoms with van der Waals surface area (Å²) in [4.78, 5) is 4.42. The van der Waals surface area contributed by atoms with E-state index in [0.29, 0.717) is 0 Å². The fourth-order valence-electron chi connectivity index (χ4n) is 2.16. The van der Waals surface area contributed by atoms with Gasteiger partial charge in [-0.2, -0.15) is 5.10 Å². The first-order valence-electron chi connectivity index (χ1n) is 6.67. The molecule has 0 aliphatic carbocycles. The number of anilines is 1. The minimum Gasteiger partial charge on any atom is -0.371 e. The van der Waals surface area contributed by atoms with Gasteiger partial charge >= 0.3 is 0 Å². The summed E-state index contributed by atoms with van der Waals surface area (Å²) in [7, 11) is 1.87. The molecule has 19 heavy (non-hydrogen) atoms. The summed E-state index contributed by atoms with van der Waals surface area (Å²) in [6, 6.07) is 0. The van der Waals surface area contributed by atoms with Gasteiger partial charge in [-0.05, 0) is 31.4 Å². The summed E-state index contributed by atoms with van der Waals surface area (Å²) >= 11 is 0. The molecule has 0 aliphatic rings. The third-order valence-corrected chi connectivity index (χ3v) is 3.45. The first-order valence-corrected chi connectivity index (χ1v) is 6.67. The summed E-state index contributed by atoms with van der Waals surface area (Å²) in [6.45, 7) is 7.32. The SMILES string of the molecule is CCCn1ccnc1Cc1nnc(NC)c(C)c1C. The Morgan fingerprint density at radius 3 is 2.68 bits per heavy atom. The number of imidazole rings is 1. The molecule has 0 amide bonds. The van der Waals surface area contributed by atoms with Crippen LogP contribution in [-0.4, -0.2) is 26.8 Å². The van der Waals surface area contributed by atoms with E-state index in [1.807, 2.05) is 19.4 Å². The van der Waals surface area contributed by atoms with Crippen molar-refractivity contribution in [3.8, 4) is 0 Å². The fourth-order valence-corrected chi connectivity index (χ4v) is 2.16. The standard InChI is InChI=1S/C14H21N5/c1-5-7-19-8-6-16-13(19)9-12-10(2)11(3)14(15-4)18-17-12/h6,8H,5,7,9H2,1-4H3,(H,15,18). The maximum atomic E-state index is 4.42. The highest BCUT2D eigenvalue weighted by atomic mass is 15.2. The third kappa shape index (κ3) is 2.75. The highest BCUT2D eigenvalue weighted by molar-refractivity contribution is 5.47. The van der Waals surface area contributed by atoms with E-state index < -0.39 is 0 Å². The second-order valence-electron chi connectivity index (χ2n) is 4.71. The third-order valence-electron chi connectivity index (χ3n) is 3.45. The Kier molecular flexibility index (Phi) is 4.14. The molecular weight excluding hydrogens is 238 g/mol. The molecule has 0 saturated heterocycles. The van der Waals surface area contributed by atoms with Gasteiger partial charge in [-0.25, -0.2) is 4.98 Å². The van der Waals surface area contributed by atoms with Crippen LogP contribution >= 0.6 is 0 Å². The Bertz CT molecular complexity index is 559. The zero-order chi connectivity index (χ0) is 13.8. The second-order valence-corrected chi connectivity index (χ2v) is 4.71. The molecule has 0 spiro atoms. The molecule has 0 atom stereocenters. The van der Waals surface area contributed by atoms with Crippen LogP contribution in [0, 0.1) is 13.8 Å². The normalized spacial score (nSPS) is 10.7. The van der Waals surface area contributed by atoms with E-state index in [0.717, 1.165) is 42.3 Å². The van der Waals surface area contributed by atoms with Crippen LogP contribution in [0.2, 0.25) is 0 Å². The van der Waals surface area contributed by atoms with E-state index in [1.54, 1.807) is 0 Å². The number of aryl methyl sites for hydroxylation is 1. The molecule has 1 N–H and O–H groups in total. The molecule has 0 aliphatic heterocycles. The second kappa shape index (κ2) is 5.82. The van der Waals surface area contributed by atoms with Crippen molar-refractivity contribution in [2.24, 2.45) is 0 Å². The van der Waals surface area contributed by atoms with Gasteiger partial charge in [0.2, 0.25) is 0 Å². The lowest BCUT2D eigenvalue weighted by Crippen LogP contribution is -2.09. The largest absolute Gasteiger partial charge is 0.371 e. The molecule has 5 heteroatoms. The van der Waals surface area contributed by atoms with E-state index in [2.05, 4.69) is 45.8 Å². The monoisotopic (exact) mass is 259 g/mol. The summed E-state index contributed by atoms with van der Waals surface area (Å²) in [6.07, 6.45) is 5.71. The Labute approximate surface area is 114 Å². The van der Waals surface area contributed by atoms with Gasteiger partial charge in [0.1, 0.15) is 5.82 Å². The number of aromatic nitrogens is 4. The van der Waals surface area contributed by atoms with Gasteiger partial charge in [-0.3, -0.25) is 0 Å². The summed E-state index contributed by atoms with van der Waals surface area (Å²) in [5, 5.41) is 11.6. The van der Waals surface area contributed by atoms with Gasteiger partial charge in [0.15, 0.2) is 5.82 Å². The van der Waals surface area contributed by atoms with E-state index >= 15 is 0 Å². The zero-order valence-electron chi connectivity index (χ0n) is 12.1. The van der Waals surface area contributed by atoms with Crippen LogP contribution in [0.25, 0.3) is 0 Å². The van der Waals surface area contributed by atoms with Crippen molar-refractivity contribution in [3.63, 3.8) is 0 Å². The molecule has 0 unspecified atom stereocenters. The quantitative estimate of drug-likeness (QED) is 0.895. The van der Waals surface area contributed by atoms with Crippen LogP contribution in [0.4, 0.5) is 5.82 Å². The van der Waals surface area contributed by atoms with Crippen LogP contribution in [0.1, 0.15) is 36.0 Å². The van der Waals surface area contributed by atoms with Gasteiger partial charge in [-0.1, -0.05) is 6.92 Å². The Morgan fingerprint density at radius 1 is 1.21 bits per heavy atom. The Morgan fingerprint density at radius 2 is 2.00 bits per heavy atom. The number of hydrogen-bond donors (Lipinski definition) is 1. The molecule has 0 radical (unpaired) electrons. The van der Waals surface area contributed by atoms with Crippen LogP contribution in [0.15, 0.2) is 12.4 Å². The molecule has 2 aromatic rings. The number of hydrogen-bond acceptors (Lipinski definition) is 4.